The predicted octanol–water partition coefficient (Wildman–Crippen LogP) is 11.5. The van der Waals surface area contributed by atoms with Gasteiger partial charge < -0.3 is 28.2 Å². The maximum Gasteiger partial charge on any atom is 0.294 e. The van der Waals surface area contributed by atoms with Gasteiger partial charge in [-0.05, 0) is 123 Å². The minimum atomic E-state index is -2.99. The van der Waals surface area contributed by atoms with E-state index in [4.69, 9.17) is 18.2 Å². The standard InChI is InChI=1S/C45H46N4O2Si3/c1-52(2,3)50-54(7,51-53(4,5)6)42-30-41-45(33-21-15-10-16-22-33)39-28-27-38(48-39)44(32-19-13-9-14-20-32)37-26-25-36(47-37)43(31-17-11-8-12-18-31)35-24-23-34(46-35)29-40(42)49-41/h8-30,47,49H,1-7H3. The lowest BCUT2D eigenvalue weighted by Crippen LogP contribution is -2.60. The first-order valence-corrected chi connectivity index (χ1v) is 27.7. The number of benzene rings is 3. The minimum absolute atomic E-state index is 0.857. The fourth-order valence-corrected chi connectivity index (χ4v) is 19.4. The SMILES string of the molecule is C[Si](C)(C)O[Si](C)(O[Si](C)(C)C)c1cc2[nH]c1[cH-]c1ccc([n-]1)[c+](-c1ccccc1)c1ccc([nH]1)[c+](-c1ccccc1)c1ccc([n-]1)[c+]2-c1ccccc1. The van der Waals surface area contributed by atoms with Gasteiger partial charge in [0.05, 0.1) is 51.0 Å². The third kappa shape index (κ3) is 7.33. The molecule has 0 aliphatic carbocycles. The molecule has 5 heterocycles. The molecule has 0 aliphatic rings. The summed E-state index contributed by atoms with van der Waals surface area (Å²) in [4.78, 5) is 18.4. The Hall–Kier alpha value is -5.17. The van der Waals surface area contributed by atoms with Crippen LogP contribution in [-0.4, -0.2) is 35.2 Å². The third-order valence-corrected chi connectivity index (χ3v) is 18.8. The summed E-state index contributed by atoms with van der Waals surface area (Å²) in [5.74, 6) is 0. The molecule has 8 bridgehead atoms. The van der Waals surface area contributed by atoms with Crippen molar-refractivity contribution < 1.29 is 8.23 Å². The fraction of sp³-hybridized carbons (Fsp3) is 0.156. The molecule has 6 nitrogen and oxygen atoms in total. The van der Waals surface area contributed by atoms with Gasteiger partial charge in [-0.3, -0.25) is 0 Å². The van der Waals surface area contributed by atoms with Crippen molar-refractivity contribution in [3.05, 3.63) is 140 Å². The maximum absolute atomic E-state index is 7.19. The van der Waals surface area contributed by atoms with Crippen LogP contribution in [0.2, 0.25) is 45.8 Å². The topological polar surface area (TPSA) is 78.2 Å². The van der Waals surface area contributed by atoms with Crippen LogP contribution in [-0.2, 0) is 8.23 Å². The summed E-state index contributed by atoms with van der Waals surface area (Å²) in [5, 5.41) is 1.08. The van der Waals surface area contributed by atoms with E-state index in [1.165, 1.54) is 0 Å². The van der Waals surface area contributed by atoms with Gasteiger partial charge in [-0.2, -0.15) is 6.07 Å². The lowest BCUT2D eigenvalue weighted by Gasteiger charge is -2.40. The van der Waals surface area contributed by atoms with Crippen LogP contribution in [0.25, 0.3) is 77.5 Å². The summed E-state index contributed by atoms with van der Waals surface area (Å²) in [5.41, 5.74) is 13.7. The van der Waals surface area contributed by atoms with Gasteiger partial charge in [-0.15, -0.1) is 6.07 Å². The second kappa shape index (κ2) is 13.9. The normalized spacial score (nSPS) is 12.5. The first-order valence-electron chi connectivity index (χ1n) is 18.6. The van der Waals surface area contributed by atoms with Crippen LogP contribution in [0.3, 0.4) is 0 Å². The molecule has 8 rings (SSSR count). The molecule has 0 fully saturated rings. The molecule has 270 valence electrons. The molecule has 0 radical (unpaired) electrons. The molecule has 0 spiro atoms. The Balaban J connectivity index is 1.57. The van der Waals surface area contributed by atoms with Gasteiger partial charge in [0.25, 0.3) is 8.56 Å². The molecule has 0 unspecified atom stereocenters. The highest BCUT2D eigenvalue weighted by Gasteiger charge is 2.41. The van der Waals surface area contributed by atoms with Crippen LogP contribution >= 0.6 is 0 Å². The summed E-state index contributed by atoms with van der Waals surface area (Å²) in [6.45, 7) is 15.7. The van der Waals surface area contributed by atoms with Crippen molar-refractivity contribution in [3.8, 4) is 33.4 Å². The second-order valence-electron chi connectivity index (χ2n) is 16.0. The molecular formula is C45H46N4O2Si3. The zero-order chi connectivity index (χ0) is 37.7. The van der Waals surface area contributed by atoms with E-state index >= 15 is 0 Å². The molecule has 8 aromatic rings. The van der Waals surface area contributed by atoms with Crippen molar-refractivity contribution in [3.63, 3.8) is 0 Å². The zero-order valence-corrected chi connectivity index (χ0v) is 35.0. The van der Waals surface area contributed by atoms with Gasteiger partial charge in [0.2, 0.25) is 0 Å². The van der Waals surface area contributed by atoms with Crippen molar-refractivity contribution in [2.75, 3.05) is 0 Å². The largest absolute Gasteiger partial charge is 0.665 e. The molecule has 54 heavy (non-hydrogen) atoms. The Labute approximate surface area is 320 Å². The van der Waals surface area contributed by atoms with Crippen LogP contribution in [0.4, 0.5) is 0 Å². The Morgan fingerprint density at radius 1 is 0.481 bits per heavy atom. The number of nitrogens with one attached hydrogen (secondary N) is 2. The Morgan fingerprint density at radius 2 is 0.907 bits per heavy atom. The number of hydrogen-bond acceptors (Lipinski definition) is 2. The summed E-state index contributed by atoms with van der Waals surface area (Å²) >= 11 is 0. The monoisotopic (exact) mass is 758 g/mol. The van der Waals surface area contributed by atoms with E-state index < -0.39 is 25.2 Å². The van der Waals surface area contributed by atoms with E-state index in [1.807, 2.05) is 6.07 Å². The molecule has 0 atom stereocenters. The molecule has 3 aromatic carbocycles. The van der Waals surface area contributed by atoms with Crippen LogP contribution in [0, 0.1) is 0 Å². The zero-order valence-electron chi connectivity index (χ0n) is 32.0. The summed E-state index contributed by atoms with van der Waals surface area (Å²) < 4.78 is 14.4. The summed E-state index contributed by atoms with van der Waals surface area (Å²) in [6, 6.07) is 48.8. The number of hydrogen-bond donors (Lipinski definition) is 2. The Morgan fingerprint density at radius 3 is 1.37 bits per heavy atom. The number of fused-ring (bicyclic) bond motifs is 8. The maximum atomic E-state index is 7.19. The van der Waals surface area contributed by atoms with Crippen molar-refractivity contribution >= 4 is 74.5 Å². The number of nitrogens with zero attached hydrogens (tertiary/aromatic N) is 2. The highest BCUT2D eigenvalue weighted by Crippen LogP contribution is 2.35. The highest BCUT2D eigenvalue weighted by molar-refractivity contribution is 6.95. The fourth-order valence-electron chi connectivity index (χ4n) is 7.61. The minimum Gasteiger partial charge on any atom is -0.665 e. The molecule has 0 aliphatic heterocycles. The number of aromatic amines is 2. The smallest absolute Gasteiger partial charge is 0.294 e. The lowest BCUT2D eigenvalue weighted by atomic mass is 10.1. The quantitative estimate of drug-likeness (QED) is 0.119. The Kier molecular flexibility index (Phi) is 9.23. The van der Waals surface area contributed by atoms with E-state index in [2.05, 4.69) is 189 Å². The molecular weight excluding hydrogens is 713 g/mol. The number of aromatic nitrogens is 4. The summed E-state index contributed by atoms with van der Waals surface area (Å²) in [7, 11) is -7.11. The molecule has 2 N–H and O–H groups in total. The predicted molar refractivity (Wildman–Crippen MR) is 235 cm³/mol. The van der Waals surface area contributed by atoms with Crippen molar-refractivity contribution in [1.82, 2.24) is 19.9 Å². The van der Waals surface area contributed by atoms with Crippen molar-refractivity contribution in [2.45, 2.75) is 45.8 Å². The highest BCUT2D eigenvalue weighted by atomic mass is 28.5. The van der Waals surface area contributed by atoms with Crippen LogP contribution in [0.1, 0.15) is 0 Å². The van der Waals surface area contributed by atoms with Crippen molar-refractivity contribution in [1.29, 1.82) is 0 Å². The molecule has 9 heteroatoms. The second-order valence-corrected chi connectivity index (χ2v) is 28.5. The van der Waals surface area contributed by atoms with E-state index in [0.29, 0.717) is 0 Å². The average molecular weight is 759 g/mol. The van der Waals surface area contributed by atoms with Gasteiger partial charge in [0.15, 0.2) is 16.6 Å². The molecule has 5 aromatic heterocycles. The molecule has 0 saturated heterocycles. The van der Waals surface area contributed by atoms with Crippen LogP contribution < -0.4 is 15.2 Å². The van der Waals surface area contributed by atoms with Gasteiger partial charge in [0, 0.05) is 48.5 Å². The van der Waals surface area contributed by atoms with Crippen LogP contribution in [0.15, 0.2) is 140 Å². The van der Waals surface area contributed by atoms with E-state index in [-0.39, 0.29) is 0 Å². The van der Waals surface area contributed by atoms with Crippen molar-refractivity contribution in [2.24, 2.45) is 0 Å². The van der Waals surface area contributed by atoms with Gasteiger partial charge in [0.1, 0.15) is 11.0 Å². The van der Waals surface area contributed by atoms with Gasteiger partial charge in [-0.25, -0.2) is 5.52 Å². The molecule has 0 amide bonds. The number of rotatable bonds is 8. The van der Waals surface area contributed by atoms with Crippen LogP contribution in [0.5, 0.6) is 0 Å². The van der Waals surface area contributed by atoms with E-state index in [1.54, 1.807) is 0 Å². The Bertz CT molecular complexity index is 2680. The first kappa shape index (κ1) is 35.8. The summed E-state index contributed by atoms with van der Waals surface area (Å²) in [6.07, 6.45) is 0. The molecule has 0 saturated carbocycles. The lowest BCUT2D eigenvalue weighted by molar-refractivity contribution is 0.405. The number of H-pyrrole nitrogens is 2. The average Bonchev–Trinajstić information content (AvgIpc) is 3.95. The third-order valence-electron chi connectivity index (χ3n) is 9.38. The van der Waals surface area contributed by atoms with Gasteiger partial charge >= 0.3 is 0 Å². The van der Waals surface area contributed by atoms with E-state index in [9.17, 15) is 0 Å². The van der Waals surface area contributed by atoms with Gasteiger partial charge in [-0.1, -0.05) is 17.1 Å². The first-order chi connectivity index (χ1) is 25.8. The van der Waals surface area contributed by atoms with E-state index in [0.717, 1.165) is 82.7 Å².